The lowest BCUT2D eigenvalue weighted by Gasteiger charge is -2.18. The molecule has 0 radical (unpaired) electrons. The van der Waals surface area contributed by atoms with Crippen LogP contribution in [0.3, 0.4) is 0 Å². The van der Waals surface area contributed by atoms with Crippen molar-refractivity contribution in [3.05, 3.63) is 0 Å². The van der Waals surface area contributed by atoms with Gasteiger partial charge in [0.25, 0.3) is 0 Å². The number of esters is 2. The van der Waals surface area contributed by atoms with Gasteiger partial charge < -0.3 is 19.3 Å². The highest BCUT2D eigenvalue weighted by molar-refractivity contribution is 7.46. The molecule has 0 spiro atoms. The summed E-state index contributed by atoms with van der Waals surface area (Å²) in [4.78, 5) is 42.4. The van der Waals surface area contributed by atoms with E-state index in [0.717, 1.165) is 32.1 Å². The van der Waals surface area contributed by atoms with E-state index in [1.54, 1.807) is 0 Å². The van der Waals surface area contributed by atoms with Crippen molar-refractivity contribution in [2.45, 2.75) is 180 Å². The van der Waals surface area contributed by atoms with Crippen molar-refractivity contribution in [1.29, 1.82) is 0 Å². The smallest absolute Gasteiger partial charge is 0.462 e. The molecule has 1 atom stereocenters. The predicted molar refractivity (Wildman–Crippen MR) is 166 cm³/mol. The van der Waals surface area contributed by atoms with Gasteiger partial charge in [0.2, 0.25) is 0 Å². The molecule has 0 amide bonds. The van der Waals surface area contributed by atoms with Crippen LogP contribution in [0.2, 0.25) is 0 Å². The van der Waals surface area contributed by atoms with Crippen LogP contribution in [0.5, 0.6) is 0 Å². The number of ether oxygens (including phenoxy) is 2. The Balaban J connectivity index is 3.97. The van der Waals surface area contributed by atoms with E-state index >= 15 is 0 Å². The molecule has 0 aliphatic carbocycles. The molecule has 0 heterocycles. The van der Waals surface area contributed by atoms with Crippen LogP contribution in [0.4, 0.5) is 0 Å². The van der Waals surface area contributed by atoms with E-state index in [9.17, 15) is 14.2 Å². The van der Waals surface area contributed by atoms with E-state index in [2.05, 4.69) is 18.4 Å². The largest absolute Gasteiger partial charge is 0.469 e. The maximum atomic E-state index is 12.3. The quantitative estimate of drug-likeness (QED) is 0.0455. The highest BCUT2D eigenvalue weighted by atomic mass is 31.2. The van der Waals surface area contributed by atoms with Crippen LogP contribution < -0.4 is 0 Å². The Morgan fingerprint density at radius 2 is 0.878 bits per heavy atom. The average Bonchev–Trinajstić information content (AvgIpc) is 2.93. The first-order valence-electron chi connectivity index (χ1n) is 16.8. The summed E-state index contributed by atoms with van der Waals surface area (Å²) in [5, 5.41) is 0. The van der Waals surface area contributed by atoms with Gasteiger partial charge in [-0.05, 0) is 12.8 Å². The zero-order valence-electron chi connectivity index (χ0n) is 26.5. The Labute approximate surface area is 251 Å². The molecule has 0 aromatic carbocycles. The molecule has 1 unspecified atom stereocenters. The fraction of sp³-hybridized carbons (Fsp3) is 0.938. The lowest BCUT2D eigenvalue weighted by atomic mass is 10.0. The van der Waals surface area contributed by atoms with Crippen LogP contribution >= 0.6 is 7.82 Å². The van der Waals surface area contributed by atoms with Gasteiger partial charge in [0.1, 0.15) is 6.61 Å². The van der Waals surface area contributed by atoms with E-state index in [-0.39, 0.29) is 19.4 Å². The number of hydrogen-bond donors (Lipinski definition) is 2. The summed E-state index contributed by atoms with van der Waals surface area (Å²) in [7, 11) is -4.73. The second-order valence-electron chi connectivity index (χ2n) is 11.5. The minimum absolute atomic E-state index is 0.219. The zero-order chi connectivity index (χ0) is 30.4. The lowest BCUT2D eigenvalue weighted by Crippen LogP contribution is -2.29. The van der Waals surface area contributed by atoms with E-state index in [0.29, 0.717) is 6.42 Å². The van der Waals surface area contributed by atoms with Crippen molar-refractivity contribution in [1.82, 2.24) is 0 Å². The normalized spacial score (nSPS) is 12.4. The molecule has 0 aliphatic heterocycles. The maximum absolute atomic E-state index is 12.3. The Kier molecular flexibility index (Phi) is 28.5. The monoisotopic (exact) mass is 606 g/mol. The van der Waals surface area contributed by atoms with Gasteiger partial charge in [0, 0.05) is 12.8 Å². The number of rotatable bonds is 31. The standard InChI is InChI=1S/C32H63O8P/c1-3-5-7-9-11-13-14-15-16-17-19-21-23-25-27-32(34)40-30(29-39-41(35,36)37)28-38-31(33)26-24-22-20-18-12-10-8-6-4-2/h30H,3-29H2,1-2H3,(H2,35,36,37). The maximum Gasteiger partial charge on any atom is 0.469 e. The van der Waals surface area contributed by atoms with Crippen LogP contribution in [-0.4, -0.2) is 41.0 Å². The van der Waals surface area contributed by atoms with Crippen LogP contribution in [0.25, 0.3) is 0 Å². The summed E-state index contributed by atoms with van der Waals surface area (Å²) in [6.45, 7) is 3.65. The van der Waals surface area contributed by atoms with E-state index in [4.69, 9.17) is 19.3 Å². The molecule has 244 valence electrons. The molecule has 0 fully saturated rings. The first-order chi connectivity index (χ1) is 19.8. The number of carbonyl (C=O) groups excluding carboxylic acids is 2. The van der Waals surface area contributed by atoms with E-state index in [1.807, 2.05) is 0 Å². The minimum atomic E-state index is -4.73. The van der Waals surface area contributed by atoms with Gasteiger partial charge in [0.05, 0.1) is 6.61 Å². The Bertz CT molecular complexity index is 652. The fourth-order valence-corrected chi connectivity index (χ4v) is 5.20. The number of phosphoric ester groups is 1. The van der Waals surface area contributed by atoms with E-state index in [1.165, 1.54) is 109 Å². The van der Waals surface area contributed by atoms with Crippen molar-refractivity contribution in [2.24, 2.45) is 0 Å². The van der Waals surface area contributed by atoms with Gasteiger partial charge in [-0.2, -0.15) is 0 Å². The second kappa shape index (κ2) is 29.1. The molecule has 0 saturated carbocycles. The number of phosphoric acid groups is 1. The highest BCUT2D eigenvalue weighted by Crippen LogP contribution is 2.36. The number of unbranched alkanes of at least 4 members (excludes halogenated alkanes) is 21. The topological polar surface area (TPSA) is 119 Å². The SMILES string of the molecule is CCCCCCCCCCCCCCCCC(=O)OC(COC(=O)CCCCCCCCCCC)COP(=O)(O)O. The van der Waals surface area contributed by atoms with Gasteiger partial charge in [-0.25, -0.2) is 4.57 Å². The van der Waals surface area contributed by atoms with Crippen molar-refractivity contribution in [3.63, 3.8) is 0 Å². The third kappa shape index (κ3) is 31.8. The summed E-state index contributed by atoms with van der Waals surface area (Å²) in [6.07, 6.45) is 26.9. The van der Waals surface area contributed by atoms with Crippen molar-refractivity contribution >= 4 is 19.8 Å². The second-order valence-corrected chi connectivity index (χ2v) is 12.7. The molecule has 41 heavy (non-hydrogen) atoms. The Morgan fingerprint density at radius 1 is 0.537 bits per heavy atom. The third-order valence-corrected chi connectivity index (χ3v) is 7.86. The highest BCUT2D eigenvalue weighted by Gasteiger charge is 2.22. The van der Waals surface area contributed by atoms with Crippen LogP contribution in [0, 0.1) is 0 Å². The summed E-state index contributed by atoms with van der Waals surface area (Å²) >= 11 is 0. The molecule has 0 rings (SSSR count). The average molecular weight is 607 g/mol. The molecule has 0 aliphatic rings. The van der Waals surface area contributed by atoms with Gasteiger partial charge in [-0.1, -0.05) is 149 Å². The molecule has 0 saturated heterocycles. The number of carbonyl (C=O) groups is 2. The first kappa shape index (κ1) is 40.1. The van der Waals surface area contributed by atoms with Crippen molar-refractivity contribution in [3.8, 4) is 0 Å². The third-order valence-electron chi connectivity index (χ3n) is 7.38. The predicted octanol–water partition coefficient (Wildman–Crippen LogP) is 9.34. The first-order valence-corrected chi connectivity index (χ1v) is 18.4. The Morgan fingerprint density at radius 3 is 1.24 bits per heavy atom. The molecule has 0 bridgehead atoms. The van der Waals surface area contributed by atoms with Crippen LogP contribution in [-0.2, 0) is 28.2 Å². The van der Waals surface area contributed by atoms with Gasteiger partial charge in [0.15, 0.2) is 6.10 Å². The molecule has 8 nitrogen and oxygen atoms in total. The molecule has 0 aromatic heterocycles. The van der Waals surface area contributed by atoms with Gasteiger partial charge >= 0.3 is 19.8 Å². The molecular formula is C32H63O8P. The summed E-state index contributed by atoms with van der Waals surface area (Å²) < 4.78 is 26.2. The summed E-state index contributed by atoms with van der Waals surface area (Å²) in [5.74, 6) is -0.879. The van der Waals surface area contributed by atoms with Crippen molar-refractivity contribution in [2.75, 3.05) is 13.2 Å². The number of hydrogen-bond acceptors (Lipinski definition) is 6. The van der Waals surface area contributed by atoms with Gasteiger partial charge in [-0.15, -0.1) is 0 Å². The summed E-state index contributed by atoms with van der Waals surface area (Å²) in [5.41, 5.74) is 0. The molecule has 9 heteroatoms. The minimum Gasteiger partial charge on any atom is -0.462 e. The molecular weight excluding hydrogens is 543 g/mol. The lowest BCUT2D eigenvalue weighted by molar-refractivity contribution is -0.161. The van der Waals surface area contributed by atoms with E-state index < -0.39 is 32.5 Å². The molecule has 2 N–H and O–H groups in total. The Hall–Kier alpha value is -0.950. The molecule has 0 aromatic rings. The van der Waals surface area contributed by atoms with Crippen molar-refractivity contribution < 1.29 is 37.9 Å². The van der Waals surface area contributed by atoms with Crippen LogP contribution in [0.15, 0.2) is 0 Å². The van der Waals surface area contributed by atoms with Crippen LogP contribution in [0.1, 0.15) is 174 Å². The summed E-state index contributed by atoms with van der Waals surface area (Å²) in [6, 6.07) is 0. The van der Waals surface area contributed by atoms with Gasteiger partial charge in [-0.3, -0.25) is 14.1 Å². The fourth-order valence-electron chi connectivity index (χ4n) is 4.84. The zero-order valence-corrected chi connectivity index (χ0v) is 27.4.